The van der Waals surface area contributed by atoms with Crippen molar-refractivity contribution < 1.29 is 5.11 Å². The highest BCUT2D eigenvalue weighted by atomic mass is 79.9. The van der Waals surface area contributed by atoms with Gasteiger partial charge in [0.25, 0.3) is 0 Å². The number of aliphatic hydroxyl groups is 1. The van der Waals surface area contributed by atoms with Crippen molar-refractivity contribution in [2.24, 2.45) is 0 Å². The summed E-state index contributed by atoms with van der Waals surface area (Å²) in [5, 5.41) is 14.9. The molecule has 0 saturated carbocycles. The number of hydrogen-bond donors (Lipinski definition) is 3. The van der Waals surface area contributed by atoms with E-state index in [0.29, 0.717) is 11.7 Å². The van der Waals surface area contributed by atoms with Gasteiger partial charge in [-0.05, 0) is 36.5 Å². The molecule has 0 atom stereocenters. The fourth-order valence-electron chi connectivity index (χ4n) is 0.878. The van der Waals surface area contributed by atoms with Gasteiger partial charge in [-0.15, -0.1) is 0 Å². The zero-order valence-electron chi connectivity index (χ0n) is 7.46. The second-order valence-corrected chi connectivity index (χ2v) is 3.94. The molecule has 0 fully saturated rings. The van der Waals surface area contributed by atoms with Crippen LogP contribution in [-0.2, 0) is 0 Å². The molecule has 3 nitrogen and oxygen atoms in total. The molecule has 0 saturated heterocycles. The van der Waals surface area contributed by atoms with E-state index in [2.05, 4.69) is 26.6 Å². The van der Waals surface area contributed by atoms with Crippen LogP contribution in [0.5, 0.6) is 0 Å². The van der Waals surface area contributed by atoms with Crippen molar-refractivity contribution in [3.8, 4) is 0 Å². The van der Waals surface area contributed by atoms with Crippen molar-refractivity contribution in [3.05, 3.63) is 28.7 Å². The molecule has 1 aromatic rings. The summed E-state index contributed by atoms with van der Waals surface area (Å²) in [7, 11) is 0. The maximum Gasteiger partial charge on any atom is 0.170 e. The Kier molecular flexibility index (Phi) is 4.86. The van der Waals surface area contributed by atoms with E-state index in [4.69, 9.17) is 17.3 Å². The minimum Gasteiger partial charge on any atom is -0.395 e. The monoisotopic (exact) mass is 274 g/mol. The van der Waals surface area contributed by atoms with Crippen LogP contribution in [-0.4, -0.2) is 23.4 Å². The van der Waals surface area contributed by atoms with Crippen LogP contribution < -0.4 is 10.6 Å². The molecule has 1 aromatic carbocycles. The molecule has 0 amide bonds. The fraction of sp³-hybridized carbons (Fsp3) is 0.222. The Morgan fingerprint density at radius 1 is 1.36 bits per heavy atom. The average Bonchev–Trinajstić information content (AvgIpc) is 2.18. The van der Waals surface area contributed by atoms with Gasteiger partial charge in [0.1, 0.15) is 0 Å². The Hall–Kier alpha value is -0.650. The quantitative estimate of drug-likeness (QED) is 0.735. The first-order chi connectivity index (χ1) is 6.72. The number of anilines is 1. The van der Waals surface area contributed by atoms with Gasteiger partial charge in [-0.3, -0.25) is 0 Å². The van der Waals surface area contributed by atoms with Crippen molar-refractivity contribution in [1.82, 2.24) is 5.32 Å². The van der Waals surface area contributed by atoms with Gasteiger partial charge in [0.2, 0.25) is 0 Å². The summed E-state index contributed by atoms with van der Waals surface area (Å²) >= 11 is 8.33. The zero-order chi connectivity index (χ0) is 10.4. The highest BCUT2D eigenvalue weighted by molar-refractivity contribution is 9.10. The zero-order valence-corrected chi connectivity index (χ0v) is 9.86. The first-order valence-corrected chi connectivity index (χ1v) is 5.34. The van der Waals surface area contributed by atoms with E-state index in [9.17, 15) is 0 Å². The highest BCUT2D eigenvalue weighted by Crippen LogP contribution is 2.13. The van der Waals surface area contributed by atoms with Crippen LogP contribution in [0.3, 0.4) is 0 Å². The largest absolute Gasteiger partial charge is 0.395 e. The number of halogens is 1. The van der Waals surface area contributed by atoms with Crippen molar-refractivity contribution in [2.75, 3.05) is 18.5 Å². The van der Waals surface area contributed by atoms with E-state index in [1.165, 1.54) is 0 Å². The number of hydrogen-bond acceptors (Lipinski definition) is 2. The lowest BCUT2D eigenvalue weighted by atomic mass is 10.3. The molecule has 5 heteroatoms. The molecule has 0 radical (unpaired) electrons. The van der Waals surface area contributed by atoms with Gasteiger partial charge in [0, 0.05) is 16.7 Å². The SMILES string of the molecule is OCCNC(=S)Nc1ccc(Br)cc1. The van der Waals surface area contributed by atoms with E-state index in [1.54, 1.807) is 0 Å². The fourth-order valence-corrected chi connectivity index (χ4v) is 1.36. The third-order valence-corrected chi connectivity index (χ3v) is 2.27. The van der Waals surface area contributed by atoms with Crippen LogP contribution in [0.1, 0.15) is 0 Å². The highest BCUT2D eigenvalue weighted by Gasteiger charge is 1.95. The average molecular weight is 275 g/mol. The molecule has 14 heavy (non-hydrogen) atoms. The van der Waals surface area contributed by atoms with Crippen LogP contribution in [0.25, 0.3) is 0 Å². The maximum absolute atomic E-state index is 8.56. The van der Waals surface area contributed by atoms with Crippen molar-refractivity contribution in [3.63, 3.8) is 0 Å². The van der Waals surface area contributed by atoms with E-state index >= 15 is 0 Å². The third-order valence-electron chi connectivity index (χ3n) is 1.50. The van der Waals surface area contributed by atoms with Gasteiger partial charge >= 0.3 is 0 Å². The summed E-state index contributed by atoms with van der Waals surface area (Å²) < 4.78 is 1.03. The first kappa shape index (κ1) is 11.4. The van der Waals surface area contributed by atoms with Gasteiger partial charge in [0.05, 0.1) is 6.61 Å². The first-order valence-electron chi connectivity index (χ1n) is 4.13. The molecular formula is C9H11BrN2OS. The molecule has 0 aromatic heterocycles. The topological polar surface area (TPSA) is 44.3 Å². The molecule has 0 unspecified atom stereocenters. The lowest BCUT2D eigenvalue weighted by Gasteiger charge is -2.08. The Bertz CT molecular complexity index is 302. The van der Waals surface area contributed by atoms with Gasteiger partial charge < -0.3 is 15.7 Å². The Morgan fingerprint density at radius 3 is 2.57 bits per heavy atom. The van der Waals surface area contributed by atoms with E-state index in [0.717, 1.165) is 10.2 Å². The van der Waals surface area contributed by atoms with E-state index < -0.39 is 0 Å². The normalized spacial score (nSPS) is 9.57. The second kappa shape index (κ2) is 5.95. The Labute approximate surface area is 96.6 Å². The predicted molar refractivity (Wildman–Crippen MR) is 65.5 cm³/mol. The number of rotatable bonds is 3. The predicted octanol–water partition coefficient (Wildman–Crippen LogP) is 1.73. The summed E-state index contributed by atoms with van der Waals surface area (Å²) in [6.45, 7) is 0.532. The summed E-state index contributed by atoms with van der Waals surface area (Å²) in [4.78, 5) is 0. The molecule has 0 heterocycles. The summed E-state index contributed by atoms with van der Waals surface area (Å²) in [6.07, 6.45) is 0. The van der Waals surface area contributed by atoms with Crippen molar-refractivity contribution in [2.45, 2.75) is 0 Å². The van der Waals surface area contributed by atoms with Crippen LogP contribution >= 0.6 is 28.1 Å². The molecular weight excluding hydrogens is 264 g/mol. The van der Waals surface area contributed by atoms with Gasteiger partial charge in [-0.25, -0.2) is 0 Å². The smallest absolute Gasteiger partial charge is 0.170 e. The van der Waals surface area contributed by atoms with Crippen LogP contribution in [0, 0.1) is 0 Å². The lowest BCUT2D eigenvalue weighted by molar-refractivity contribution is 0.301. The van der Waals surface area contributed by atoms with Gasteiger partial charge in [-0.1, -0.05) is 15.9 Å². The summed E-state index contributed by atoms with van der Waals surface area (Å²) in [5.74, 6) is 0. The molecule has 76 valence electrons. The van der Waals surface area contributed by atoms with Crippen LogP contribution in [0.4, 0.5) is 5.69 Å². The van der Waals surface area contributed by atoms with Crippen LogP contribution in [0.15, 0.2) is 28.7 Å². The summed E-state index contributed by atoms with van der Waals surface area (Å²) in [5.41, 5.74) is 0.920. The van der Waals surface area contributed by atoms with Gasteiger partial charge in [-0.2, -0.15) is 0 Å². The second-order valence-electron chi connectivity index (χ2n) is 2.61. The van der Waals surface area contributed by atoms with Crippen LogP contribution in [0.2, 0.25) is 0 Å². The molecule has 0 aliphatic rings. The molecule has 0 aliphatic heterocycles. The number of aliphatic hydroxyl groups excluding tert-OH is 1. The molecule has 0 bridgehead atoms. The molecule has 1 rings (SSSR count). The third kappa shape index (κ3) is 4.04. The molecule has 3 N–H and O–H groups in total. The maximum atomic E-state index is 8.56. The number of benzene rings is 1. The van der Waals surface area contributed by atoms with E-state index in [-0.39, 0.29) is 6.61 Å². The van der Waals surface area contributed by atoms with E-state index in [1.807, 2.05) is 24.3 Å². The minimum atomic E-state index is 0.0716. The Balaban J connectivity index is 2.44. The minimum absolute atomic E-state index is 0.0716. The van der Waals surface area contributed by atoms with Crippen molar-refractivity contribution in [1.29, 1.82) is 0 Å². The van der Waals surface area contributed by atoms with Crippen molar-refractivity contribution >= 4 is 38.9 Å². The number of thiocarbonyl (C=S) groups is 1. The molecule has 0 aliphatic carbocycles. The summed E-state index contributed by atoms with van der Waals surface area (Å²) in [6, 6.07) is 7.68. The van der Waals surface area contributed by atoms with Gasteiger partial charge in [0.15, 0.2) is 5.11 Å². The lowest BCUT2D eigenvalue weighted by Crippen LogP contribution is -2.30. The molecule has 0 spiro atoms. The number of nitrogens with one attached hydrogen (secondary N) is 2. The standard InChI is InChI=1S/C9H11BrN2OS/c10-7-1-3-8(4-2-7)12-9(14)11-5-6-13/h1-4,13H,5-6H2,(H2,11,12,14). The Morgan fingerprint density at radius 2 is 2.00 bits per heavy atom.